The van der Waals surface area contributed by atoms with Crippen molar-refractivity contribution in [1.29, 1.82) is 0 Å². The number of carbonyl (C=O) groups is 1. The van der Waals surface area contributed by atoms with Crippen molar-refractivity contribution in [3.8, 4) is 11.8 Å². The molecule has 0 unspecified atom stereocenters. The fourth-order valence-corrected chi connectivity index (χ4v) is 1.93. The summed E-state index contributed by atoms with van der Waals surface area (Å²) in [4.78, 5) is 12.5. The summed E-state index contributed by atoms with van der Waals surface area (Å²) in [5.74, 6) is 5.07. The van der Waals surface area contributed by atoms with Crippen LogP contribution in [-0.2, 0) is 0 Å². The number of amides is 1. The molecule has 0 bridgehead atoms. The number of rotatable bonds is 2. The molecule has 86 valence electrons. The Labute approximate surface area is 101 Å². The molecule has 2 rings (SSSR count). The third-order valence-corrected chi connectivity index (χ3v) is 2.75. The van der Waals surface area contributed by atoms with E-state index < -0.39 is 0 Å². The molecule has 0 radical (unpaired) electrons. The number of carbonyl (C=O) groups excluding carboxylic acids is 1. The number of anilines is 1. The molecule has 5 nitrogen and oxygen atoms in total. The SMILES string of the molecule is O=C(Nc1cn[nH]c1)c1csc(C#CCO)c1. The molecule has 3 N–H and O–H groups in total. The van der Waals surface area contributed by atoms with Gasteiger partial charge >= 0.3 is 0 Å². The summed E-state index contributed by atoms with van der Waals surface area (Å²) in [6, 6.07) is 1.68. The summed E-state index contributed by atoms with van der Waals surface area (Å²) < 4.78 is 0. The number of thiophene rings is 1. The van der Waals surface area contributed by atoms with Crippen molar-refractivity contribution in [3.63, 3.8) is 0 Å². The molecule has 2 heterocycles. The predicted molar refractivity (Wildman–Crippen MR) is 64.8 cm³/mol. The molecule has 17 heavy (non-hydrogen) atoms. The second-order valence-corrected chi connectivity index (χ2v) is 4.01. The fraction of sp³-hybridized carbons (Fsp3) is 0.0909. The predicted octanol–water partition coefficient (Wildman–Crippen LogP) is 1.07. The molecule has 0 atom stereocenters. The molecule has 0 saturated heterocycles. The lowest BCUT2D eigenvalue weighted by molar-refractivity contribution is 0.102. The smallest absolute Gasteiger partial charge is 0.256 e. The Morgan fingerprint density at radius 2 is 2.53 bits per heavy atom. The fourth-order valence-electron chi connectivity index (χ4n) is 1.17. The number of aromatic amines is 1. The van der Waals surface area contributed by atoms with Crippen molar-refractivity contribution in [3.05, 3.63) is 34.3 Å². The minimum absolute atomic E-state index is 0.186. The summed E-state index contributed by atoms with van der Waals surface area (Å²) in [6.07, 6.45) is 3.12. The summed E-state index contributed by atoms with van der Waals surface area (Å²) in [5.41, 5.74) is 1.16. The van der Waals surface area contributed by atoms with Crippen molar-refractivity contribution >= 4 is 22.9 Å². The number of H-pyrrole nitrogens is 1. The third kappa shape index (κ3) is 2.93. The average Bonchev–Trinajstić information content (AvgIpc) is 2.96. The van der Waals surface area contributed by atoms with E-state index >= 15 is 0 Å². The first-order chi connectivity index (χ1) is 8.29. The highest BCUT2D eigenvalue weighted by molar-refractivity contribution is 7.10. The van der Waals surface area contributed by atoms with E-state index in [2.05, 4.69) is 27.4 Å². The van der Waals surface area contributed by atoms with Crippen LogP contribution in [0.25, 0.3) is 0 Å². The van der Waals surface area contributed by atoms with Gasteiger partial charge in [-0.3, -0.25) is 9.89 Å². The first-order valence-electron chi connectivity index (χ1n) is 4.78. The summed E-state index contributed by atoms with van der Waals surface area (Å²) >= 11 is 1.36. The van der Waals surface area contributed by atoms with E-state index in [0.29, 0.717) is 11.3 Å². The molecule has 6 heteroatoms. The van der Waals surface area contributed by atoms with Gasteiger partial charge in [0.15, 0.2) is 0 Å². The van der Waals surface area contributed by atoms with Crippen LogP contribution >= 0.6 is 11.3 Å². The molecule has 0 aliphatic heterocycles. The lowest BCUT2D eigenvalue weighted by Crippen LogP contribution is -2.09. The average molecular weight is 247 g/mol. The van der Waals surface area contributed by atoms with Gasteiger partial charge in [-0.1, -0.05) is 11.8 Å². The maximum absolute atomic E-state index is 11.8. The zero-order valence-corrected chi connectivity index (χ0v) is 9.54. The van der Waals surface area contributed by atoms with Crippen molar-refractivity contribution in [1.82, 2.24) is 10.2 Å². The van der Waals surface area contributed by atoms with Crippen molar-refractivity contribution < 1.29 is 9.90 Å². The number of nitrogens with one attached hydrogen (secondary N) is 2. The van der Waals surface area contributed by atoms with Gasteiger partial charge in [0.25, 0.3) is 5.91 Å². The Balaban J connectivity index is 2.07. The van der Waals surface area contributed by atoms with Gasteiger partial charge in [0.2, 0.25) is 0 Å². The van der Waals surface area contributed by atoms with Crippen LogP contribution < -0.4 is 5.32 Å². The summed E-state index contributed by atoms with van der Waals surface area (Å²) in [5, 5.41) is 19.3. The zero-order valence-electron chi connectivity index (χ0n) is 8.73. The normalized spacial score (nSPS) is 9.47. The van der Waals surface area contributed by atoms with Crippen LogP contribution in [0.15, 0.2) is 23.8 Å². The largest absolute Gasteiger partial charge is 0.384 e. The minimum atomic E-state index is -0.209. The second-order valence-electron chi connectivity index (χ2n) is 3.10. The van der Waals surface area contributed by atoms with E-state index in [1.54, 1.807) is 17.6 Å². The molecular formula is C11H9N3O2S. The van der Waals surface area contributed by atoms with Crippen molar-refractivity contribution in [2.45, 2.75) is 0 Å². The quantitative estimate of drug-likeness (QED) is 0.694. The van der Waals surface area contributed by atoms with E-state index in [1.807, 2.05) is 0 Å². The molecule has 2 aromatic rings. The van der Waals surface area contributed by atoms with E-state index in [4.69, 9.17) is 5.11 Å². The van der Waals surface area contributed by atoms with E-state index in [0.717, 1.165) is 4.88 Å². The van der Waals surface area contributed by atoms with Crippen LogP contribution in [0, 0.1) is 11.8 Å². The Morgan fingerprint density at radius 3 is 3.24 bits per heavy atom. The van der Waals surface area contributed by atoms with Crippen LogP contribution in [0.1, 0.15) is 15.2 Å². The lowest BCUT2D eigenvalue weighted by Gasteiger charge is -1.97. The highest BCUT2D eigenvalue weighted by atomic mass is 32.1. The highest BCUT2D eigenvalue weighted by Crippen LogP contribution is 2.15. The van der Waals surface area contributed by atoms with Crippen molar-refractivity contribution in [2.24, 2.45) is 0 Å². The third-order valence-electron chi connectivity index (χ3n) is 1.91. The zero-order chi connectivity index (χ0) is 12.1. The molecule has 0 aliphatic carbocycles. The molecule has 1 amide bonds. The van der Waals surface area contributed by atoms with E-state index in [9.17, 15) is 4.79 Å². The number of aromatic nitrogens is 2. The first-order valence-corrected chi connectivity index (χ1v) is 5.66. The van der Waals surface area contributed by atoms with E-state index in [1.165, 1.54) is 17.5 Å². The van der Waals surface area contributed by atoms with Crippen LogP contribution in [0.2, 0.25) is 0 Å². The number of hydrogen-bond acceptors (Lipinski definition) is 4. The first kappa shape index (κ1) is 11.4. The maximum Gasteiger partial charge on any atom is 0.256 e. The van der Waals surface area contributed by atoms with Gasteiger partial charge in [-0.15, -0.1) is 11.3 Å². The Kier molecular flexibility index (Phi) is 3.55. The van der Waals surface area contributed by atoms with Crippen LogP contribution in [0.3, 0.4) is 0 Å². The van der Waals surface area contributed by atoms with Gasteiger partial charge < -0.3 is 10.4 Å². The van der Waals surface area contributed by atoms with Gasteiger partial charge in [0.1, 0.15) is 6.61 Å². The van der Waals surface area contributed by atoms with Gasteiger partial charge in [0, 0.05) is 11.6 Å². The molecule has 0 aromatic carbocycles. The molecular weight excluding hydrogens is 238 g/mol. The number of aliphatic hydroxyl groups excluding tert-OH is 1. The lowest BCUT2D eigenvalue weighted by atomic mass is 10.3. The molecule has 0 saturated carbocycles. The number of hydrogen-bond donors (Lipinski definition) is 3. The van der Waals surface area contributed by atoms with Crippen LogP contribution in [-0.4, -0.2) is 27.8 Å². The molecule has 0 spiro atoms. The number of nitrogens with zero attached hydrogens (tertiary/aromatic N) is 1. The van der Waals surface area contributed by atoms with Gasteiger partial charge in [-0.2, -0.15) is 5.10 Å². The Hall–Kier alpha value is -2.10. The van der Waals surface area contributed by atoms with Gasteiger partial charge in [0.05, 0.1) is 22.3 Å². The minimum Gasteiger partial charge on any atom is -0.384 e. The summed E-state index contributed by atoms with van der Waals surface area (Å²) in [6.45, 7) is -0.186. The van der Waals surface area contributed by atoms with Crippen LogP contribution in [0.5, 0.6) is 0 Å². The van der Waals surface area contributed by atoms with Crippen molar-refractivity contribution in [2.75, 3.05) is 11.9 Å². The molecule has 2 aromatic heterocycles. The summed E-state index contributed by atoms with van der Waals surface area (Å²) in [7, 11) is 0. The number of aliphatic hydroxyl groups is 1. The maximum atomic E-state index is 11.8. The molecule has 0 fully saturated rings. The van der Waals surface area contributed by atoms with Crippen LogP contribution in [0.4, 0.5) is 5.69 Å². The second kappa shape index (κ2) is 5.30. The standard InChI is InChI=1S/C11H9N3O2S/c15-3-1-2-10-4-8(7-17-10)11(16)14-9-5-12-13-6-9/h4-7,15H,3H2,(H,12,13)(H,14,16). The van der Waals surface area contributed by atoms with Gasteiger partial charge in [-0.05, 0) is 6.07 Å². The van der Waals surface area contributed by atoms with E-state index in [-0.39, 0.29) is 12.5 Å². The highest BCUT2D eigenvalue weighted by Gasteiger charge is 2.08. The topological polar surface area (TPSA) is 78.0 Å². The Bertz CT molecular complexity index is 563. The monoisotopic (exact) mass is 247 g/mol. The molecule has 0 aliphatic rings. The Morgan fingerprint density at radius 1 is 1.65 bits per heavy atom. The van der Waals surface area contributed by atoms with Gasteiger partial charge in [-0.25, -0.2) is 0 Å².